The zero-order chi connectivity index (χ0) is 10.9. The van der Waals surface area contributed by atoms with Gasteiger partial charge in [-0.1, -0.05) is 0 Å². The number of aldehydes is 1. The Hall–Kier alpha value is -1.30. The third kappa shape index (κ3) is 1.95. The van der Waals surface area contributed by atoms with Crippen molar-refractivity contribution in [2.45, 2.75) is 25.9 Å². The second-order valence-electron chi connectivity index (χ2n) is 3.25. The molecule has 0 aromatic carbocycles. The number of oxazole rings is 1. The highest BCUT2D eigenvalue weighted by atomic mass is 19.3. The number of aliphatic hydroxyl groups is 1. The molecular formula is C8H9F2NO3. The van der Waals surface area contributed by atoms with E-state index in [1.807, 2.05) is 0 Å². The van der Waals surface area contributed by atoms with E-state index in [1.54, 1.807) is 0 Å². The van der Waals surface area contributed by atoms with Gasteiger partial charge in [-0.25, -0.2) is 13.8 Å². The van der Waals surface area contributed by atoms with Crippen molar-refractivity contribution in [1.82, 2.24) is 4.98 Å². The van der Waals surface area contributed by atoms with Crippen molar-refractivity contribution in [1.29, 1.82) is 0 Å². The van der Waals surface area contributed by atoms with E-state index < -0.39 is 23.5 Å². The second-order valence-corrected chi connectivity index (χ2v) is 3.25. The average molecular weight is 205 g/mol. The first-order valence-corrected chi connectivity index (χ1v) is 3.83. The Morgan fingerprint density at radius 3 is 2.43 bits per heavy atom. The monoisotopic (exact) mass is 205 g/mol. The molecular weight excluding hydrogens is 196 g/mol. The van der Waals surface area contributed by atoms with Crippen molar-refractivity contribution >= 4 is 6.29 Å². The molecule has 1 rings (SSSR count). The number of carbonyl (C=O) groups is 1. The van der Waals surface area contributed by atoms with Gasteiger partial charge >= 0.3 is 0 Å². The molecule has 0 atom stereocenters. The van der Waals surface area contributed by atoms with Crippen LogP contribution in [0.2, 0.25) is 0 Å². The van der Waals surface area contributed by atoms with Crippen LogP contribution in [0.25, 0.3) is 0 Å². The first-order chi connectivity index (χ1) is 6.36. The number of nitrogens with zero attached hydrogens (tertiary/aromatic N) is 1. The summed E-state index contributed by atoms with van der Waals surface area (Å²) in [5.74, 6) is -0.841. The third-order valence-corrected chi connectivity index (χ3v) is 1.52. The van der Waals surface area contributed by atoms with Crippen molar-refractivity contribution in [3.8, 4) is 0 Å². The number of halogens is 2. The van der Waals surface area contributed by atoms with Gasteiger partial charge < -0.3 is 9.52 Å². The van der Waals surface area contributed by atoms with Gasteiger partial charge in [0.05, 0.1) is 0 Å². The predicted octanol–water partition coefficient (Wildman–Crippen LogP) is 1.65. The molecule has 78 valence electrons. The van der Waals surface area contributed by atoms with Gasteiger partial charge in [-0.2, -0.15) is 0 Å². The van der Waals surface area contributed by atoms with Gasteiger partial charge in [0.2, 0.25) is 5.89 Å². The summed E-state index contributed by atoms with van der Waals surface area (Å²) in [5.41, 5.74) is -2.22. The molecule has 6 heteroatoms. The lowest BCUT2D eigenvalue weighted by Crippen LogP contribution is -2.15. The van der Waals surface area contributed by atoms with Crippen LogP contribution >= 0.6 is 0 Å². The topological polar surface area (TPSA) is 63.3 Å². The zero-order valence-electron chi connectivity index (χ0n) is 7.62. The maximum absolute atomic E-state index is 12.3. The van der Waals surface area contributed by atoms with E-state index >= 15 is 0 Å². The van der Waals surface area contributed by atoms with Crippen LogP contribution in [0.5, 0.6) is 0 Å². The predicted molar refractivity (Wildman–Crippen MR) is 42.1 cm³/mol. The zero-order valence-corrected chi connectivity index (χ0v) is 7.62. The number of aromatic nitrogens is 1. The third-order valence-electron chi connectivity index (χ3n) is 1.52. The first-order valence-electron chi connectivity index (χ1n) is 3.83. The van der Waals surface area contributed by atoms with Crippen LogP contribution in [-0.4, -0.2) is 16.4 Å². The molecule has 0 aliphatic rings. The van der Waals surface area contributed by atoms with Crippen molar-refractivity contribution < 1.29 is 23.1 Å². The molecule has 0 radical (unpaired) electrons. The number of hydrogen-bond donors (Lipinski definition) is 1. The molecule has 0 aliphatic carbocycles. The molecule has 0 saturated heterocycles. The highest BCUT2D eigenvalue weighted by molar-refractivity contribution is 5.72. The summed E-state index contributed by atoms with van der Waals surface area (Å²) in [6.45, 7) is 2.64. The minimum Gasteiger partial charge on any atom is -0.434 e. The molecule has 1 heterocycles. The highest BCUT2D eigenvalue weighted by Crippen LogP contribution is 2.26. The van der Waals surface area contributed by atoms with E-state index in [2.05, 4.69) is 9.40 Å². The molecule has 0 bridgehead atoms. The van der Waals surface area contributed by atoms with Crippen LogP contribution in [0, 0.1) is 0 Å². The summed E-state index contributed by atoms with van der Waals surface area (Å²) in [5, 5.41) is 9.39. The van der Waals surface area contributed by atoms with Crippen LogP contribution < -0.4 is 0 Å². The molecule has 0 fully saturated rings. The molecule has 0 spiro atoms. The number of rotatable bonds is 3. The Bertz CT molecular complexity index is 341. The summed E-state index contributed by atoms with van der Waals surface area (Å²) < 4.78 is 29.2. The molecule has 1 aromatic rings. The molecule has 1 N–H and O–H groups in total. The summed E-state index contributed by atoms with van der Waals surface area (Å²) in [6.07, 6.45) is -2.75. The highest BCUT2D eigenvalue weighted by Gasteiger charge is 2.28. The molecule has 0 saturated carbocycles. The maximum Gasteiger partial charge on any atom is 0.284 e. The molecule has 0 aliphatic heterocycles. The molecule has 0 amide bonds. The summed E-state index contributed by atoms with van der Waals surface area (Å²) in [4.78, 5) is 13.7. The van der Waals surface area contributed by atoms with Crippen molar-refractivity contribution in [3.63, 3.8) is 0 Å². The van der Waals surface area contributed by atoms with Crippen LogP contribution in [0.3, 0.4) is 0 Å². The van der Waals surface area contributed by atoms with Crippen molar-refractivity contribution in [2.24, 2.45) is 0 Å². The Labute approximate surface area is 78.6 Å². The number of hydrogen-bond acceptors (Lipinski definition) is 4. The summed E-state index contributed by atoms with van der Waals surface area (Å²) in [7, 11) is 0. The van der Waals surface area contributed by atoms with E-state index in [4.69, 9.17) is 0 Å². The Balaban J connectivity index is 3.20. The maximum atomic E-state index is 12.3. The van der Waals surface area contributed by atoms with Gasteiger partial charge in [0.25, 0.3) is 6.43 Å². The van der Waals surface area contributed by atoms with E-state index in [-0.39, 0.29) is 12.2 Å². The number of carbonyl (C=O) groups excluding carboxylic acids is 1. The van der Waals surface area contributed by atoms with E-state index in [0.29, 0.717) is 0 Å². The van der Waals surface area contributed by atoms with Crippen LogP contribution in [0.1, 0.15) is 42.4 Å². The minimum absolute atomic E-state index is 0.143. The van der Waals surface area contributed by atoms with Gasteiger partial charge in [-0.3, -0.25) is 4.79 Å². The minimum atomic E-state index is -2.89. The molecule has 4 nitrogen and oxygen atoms in total. The van der Waals surface area contributed by atoms with Gasteiger partial charge in [0.1, 0.15) is 5.60 Å². The van der Waals surface area contributed by atoms with Gasteiger partial charge in [-0.05, 0) is 13.8 Å². The fourth-order valence-electron chi connectivity index (χ4n) is 0.846. The van der Waals surface area contributed by atoms with Gasteiger partial charge in [0.15, 0.2) is 17.7 Å². The number of alkyl halides is 2. The standard InChI is InChI=1S/C8H9F2NO3/c1-8(2,13)7-11-5(6(9)10)4(3-12)14-7/h3,6,13H,1-2H3. The van der Waals surface area contributed by atoms with Crippen LogP contribution in [0.4, 0.5) is 8.78 Å². The van der Waals surface area contributed by atoms with E-state index in [0.717, 1.165) is 0 Å². The first kappa shape index (κ1) is 10.8. The largest absolute Gasteiger partial charge is 0.434 e. The molecule has 0 unspecified atom stereocenters. The van der Waals surface area contributed by atoms with Crippen LogP contribution in [-0.2, 0) is 5.60 Å². The fraction of sp³-hybridized carbons (Fsp3) is 0.500. The lowest BCUT2D eigenvalue weighted by molar-refractivity contribution is 0.0473. The fourth-order valence-corrected chi connectivity index (χ4v) is 0.846. The van der Waals surface area contributed by atoms with Gasteiger partial charge in [-0.15, -0.1) is 0 Å². The van der Waals surface area contributed by atoms with E-state index in [1.165, 1.54) is 13.8 Å². The van der Waals surface area contributed by atoms with Crippen LogP contribution in [0.15, 0.2) is 4.42 Å². The normalized spacial score (nSPS) is 12.1. The Morgan fingerprint density at radius 1 is 1.57 bits per heavy atom. The average Bonchev–Trinajstić information content (AvgIpc) is 2.45. The lowest BCUT2D eigenvalue weighted by Gasteiger charge is -2.10. The smallest absolute Gasteiger partial charge is 0.284 e. The Kier molecular flexibility index (Phi) is 2.66. The lowest BCUT2D eigenvalue weighted by atomic mass is 10.1. The Morgan fingerprint density at radius 2 is 2.14 bits per heavy atom. The quantitative estimate of drug-likeness (QED) is 0.762. The summed E-state index contributed by atoms with van der Waals surface area (Å²) in [6, 6.07) is 0. The summed E-state index contributed by atoms with van der Waals surface area (Å²) >= 11 is 0. The second kappa shape index (κ2) is 3.45. The molecule has 14 heavy (non-hydrogen) atoms. The van der Waals surface area contributed by atoms with Crippen molar-refractivity contribution in [3.05, 3.63) is 17.3 Å². The SMILES string of the molecule is CC(C)(O)c1nc(C(F)F)c(C=O)o1. The van der Waals surface area contributed by atoms with Crippen molar-refractivity contribution in [2.75, 3.05) is 0 Å². The van der Waals surface area contributed by atoms with E-state index in [9.17, 15) is 18.7 Å². The van der Waals surface area contributed by atoms with Gasteiger partial charge in [0, 0.05) is 0 Å². The molecule has 1 aromatic heterocycles.